The Kier molecular flexibility index (Phi) is 6.33. The molecule has 4 aromatic carbocycles. The van der Waals surface area contributed by atoms with Crippen LogP contribution < -0.4 is 4.74 Å². The molecule has 0 amide bonds. The number of hydrogen-bond donors (Lipinski definition) is 0. The molecule has 31 heavy (non-hydrogen) atoms. The van der Waals surface area contributed by atoms with E-state index in [0.717, 1.165) is 22.3 Å². The summed E-state index contributed by atoms with van der Waals surface area (Å²) in [6.45, 7) is 3.64. The zero-order valence-corrected chi connectivity index (χ0v) is 19.0. The molecule has 0 saturated carbocycles. The molecule has 0 aliphatic rings. The van der Waals surface area contributed by atoms with E-state index >= 15 is 0 Å². The summed E-state index contributed by atoms with van der Waals surface area (Å²) in [5.74, 6) is 0.0587. The molecule has 4 rings (SSSR count). The third kappa shape index (κ3) is 4.19. The highest BCUT2D eigenvalue weighted by Gasteiger charge is 2.38. The molecule has 0 heterocycles. The minimum absolute atomic E-state index is 0.342. The normalized spacial score (nSPS) is 11.0. The first-order valence-corrected chi connectivity index (χ1v) is 11.0. The molecule has 152 valence electrons. The molecule has 4 aromatic rings. The van der Waals surface area contributed by atoms with Gasteiger partial charge in [0.15, 0.2) is 0 Å². The molecule has 3 heteroatoms. The van der Waals surface area contributed by atoms with Crippen LogP contribution in [0.2, 0.25) is 0 Å². The quantitative estimate of drug-likeness (QED) is 0.0914. The fourth-order valence-electron chi connectivity index (χ4n) is 4.00. The van der Waals surface area contributed by atoms with Gasteiger partial charge in [0.2, 0.25) is 0 Å². The predicted molar refractivity (Wildman–Crippen MR) is 134 cm³/mol. The van der Waals surface area contributed by atoms with E-state index in [1.54, 1.807) is 0 Å². The molecule has 0 N–H and O–H groups in total. The summed E-state index contributed by atoms with van der Waals surface area (Å²) < 4.78 is 5.76. The number of hydrogen-bond acceptors (Lipinski definition) is 2. The van der Waals surface area contributed by atoms with E-state index in [-0.39, 0.29) is 0 Å². The van der Waals surface area contributed by atoms with E-state index in [0.29, 0.717) is 9.33 Å². The van der Waals surface area contributed by atoms with Crippen LogP contribution in [-0.2, 0) is 10.2 Å². The van der Waals surface area contributed by atoms with Crippen molar-refractivity contribution in [2.45, 2.75) is 5.41 Å². The number of rotatable bonds is 6. The van der Waals surface area contributed by atoms with Crippen molar-refractivity contribution in [2.24, 2.45) is 0 Å². The Hall–Kier alpha value is -3.18. The first kappa shape index (κ1) is 21.1. The maximum Gasteiger partial charge on any atom is 0.349 e. The molecular weight excluding hydrogens is 495 g/mol. The van der Waals surface area contributed by atoms with Gasteiger partial charge in [-0.05, 0) is 57.0 Å². The standard InChI is InChI=1S/C28H21IO2/c1-21(29)27(30)31-26-19-17-25(18-20-26)28(22-11-5-2-6-12-22,23-13-7-3-8-14-23)24-15-9-4-10-16-24/h2-20H,1H2. The summed E-state index contributed by atoms with van der Waals surface area (Å²) in [6, 6.07) is 39.2. The van der Waals surface area contributed by atoms with Crippen LogP contribution in [0.3, 0.4) is 0 Å². The largest absolute Gasteiger partial charge is 0.423 e. The second-order valence-electron chi connectivity index (χ2n) is 7.17. The summed E-state index contributed by atoms with van der Waals surface area (Å²) in [5.41, 5.74) is 4.07. The lowest BCUT2D eigenvalue weighted by Crippen LogP contribution is -2.30. The molecule has 0 aliphatic heterocycles. The van der Waals surface area contributed by atoms with Crippen LogP contribution in [0.1, 0.15) is 22.3 Å². The Labute approximate surface area is 196 Å². The van der Waals surface area contributed by atoms with Gasteiger partial charge in [0.1, 0.15) is 5.75 Å². The maximum absolute atomic E-state index is 11.9. The van der Waals surface area contributed by atoms with Gasteiger partial charge in [-0.3, -0.25) is 0 Å². The highest BCUT2D eigenvalue weighted by molar-refractivity contribution is 14.1. The van der Waals surface area contributed by atoms with Crippen LogP contribution in [0, 0.1) is 0 Å². The van der Waals surface area contributed by atoms with Crippen molar-refractivity contribution < 1.29 is 9.53 Å². The van der Waals surface area contributed by atoms with E-state index in [1.807, 2.05) is 65.1 Å². The topological polar surface area (TPSA) is 26.3 Å². The molecule has 0 bridgehead atoms. The Morgan fingerprint density at radius 3 is 1.32 bits per heavy atom. The van der Waals surface area contributed by atoms with E-state index in [9.17, 15) is 4.79 Å². The van der Waals surface area contributed by atoms with Crippen molar-refractivity contribution in [2.75, 3.05) is 0 Å². The maximum atomic E-state index is 11.9. The summed E-state index contributed by atoms with van der Waals surface area (Å²) >= 11 is 1.87. The third-order valence-corrected chi connectivity index (χ3v) is 5.78. The third-order valence-electron chi connectivity index (χ3n) is 5.34. The van der Waals surface area contributed by atoms with Crippen LogP contribution >= 0.6 is 22.6 Å². The number of carbonyl (C=O) groups excluding carboxylic acids is 1. The van der Waals surface area contributed by atoms with Crippen molar-refractivity contribution in [3.63, 3.8) is 0 Å². The van der Waals surface area contributed by atoms with Crippen molar-refractivity contribution in [3.8, 4) is 5.75 Å². The summed E-state index contributed by atoms with van der Waals surface area (Å²) in [7, 11) is 0. The van der Waals surface area contributed by atoms with Gasteiger partial charge in [0, 0.05) is 0 Å². The molecule has 0 aliphatic carbocycles. The second kappa shape index (κ2) is 9.31. The highest BCUT2D eigenvalue weighted by Crippen LogP contribution is 2.45. The molecule has 0 saturated heterocycles. The van der Waals surface area contributed by atoms with Gasteiger partial charge in [0.05, 0.1) is 8.99 Å². The number of esters is 1. The van der Waals surface area contributed by atoms with E-state index in [2.05, 4.69) is 79.4 Å². The van der Waals surface area contributed by atoms with E-state index in [4.69, 9.17) is 4.74 Å². The lowest BCUT2D eigenvalue weighted by Gasteiger charge is -2.36. The van der Waals surface area contributed by atoms with Crippen molar-refractivity contribution in [1.29, 1.82) is 0 Å². The van der Waals surface area contributed by atoms with E-state index < -0.39 is 11.4 Å². The van der Waals surface area contributed by atoms with Crippen LogP contribution in [0.25, 0.3) is 0 Å². The van der Waals surface area contributed by atoms with Crippen molar-refractivity contribution >= 4 is 28.6 Å². The lowest BCUT2D eigenvalue weighted by molar-refractivity contribution is -0.129. The number of halogens is 1. The minimum atomic E-state index is -0.515. The molecular formula is C28H21IO2. The monoisotopic (exact) mass is 516 g/mol. The molecule has 2 nitrogen and oxygen atoms in total. The number of benzene rings is 4. The van der Waals surface area contributed by atoms with Crippen molar-refractivity contribution in [3.05, 3.63) is 148 Å². The zero-order chi connectivity index (χ0) is 21.7. The summed E-state index contributed by atoms with van der Waals surface area (Å²) in [5, 5.41) is 0. The van der Waals surface area contributed by atoms with E-state index in [1.165, 1.54) is 0 Å². The second-order valence-corrected chi connectivity index (χ2v) is 8.47. The Morgan fingerprint density at radius 2 is 0.968 bits per heavy atom. The highest BCUT2D eigenvalue weighted by atomic mass is 127. The Morgan fingerprint density at radius 1 is 0.613 bits per heavy atom. The molecule has 0 radical (unpaired) electrons. The average molecular weight is 516 g/mol. The van der Waals surface area contributed by atoms with Gasteiger partial charge < -0.3 is 4.74 Å². The average Bonchev–Trinajstić information content (AvgIpc) is 2.83. The van der Waals surface area contributed by atoms with Crippen LogP contribution in [-0.4, -0.2) is 5.97 Å². The van der Waals surface area contributed by atoms with Gasteiger partial charge in [0.25, 0.3) is 0 Å². The molecule has 0 atom stereocenters. The van der Waals surface area contributed by atoms with Crippen LogP contribution in [0.4, 0.5) is 0 Å². The molecule has 0 fully saturated rings. The van der Waals surface area contributed by atoms with Gasteiger partial charge in [-0.1, -0.05) is 110 Å². The van der Waals surface area contributed by atoms with Crippen LogP contribution in [0.15, 0.2) is 125 Å². The summed E-state index contributed by atoms with van der Waals surface area (Å²) in [6.07, 6.45) is 0. The minimum Gasteiger partial charge on any atom is -0.423 e. The van der Waals surface area contributed by atoms with Crippen molar-refractivity contribution in [1.82, 2.24) is 0 Å². The smallest absolute Gasteiger partial charge is 0.349 e. The lowest BCUT2D eigenvalue weighted by atomic mass is 9.65. The van der Waals surface area contributed by atoms with Gasteiger partial charge in [-0.15, -0.1) is 0 Å². The number of carbonyl (C=O) groups is 1. The molecule has 0 unspecified atom stereocenters. The first-order valence-electron chi connectivity index (χ1n) is 9.96. The molecule has 0 aromatic heterocycles. The van der Waals surface area contributed by atoms with Crippen LogP contribution in [0.5, 0.6) is 5.75 Å². The predicted octanol–water partition coefficient (Wildman–Crippen LogP) is 6.92. The van der Waals surface area contributed by atoms with Gasteiger partial charge >= 0.3 is 5.97 Å². The summed E-state index contributed by atoms with van der Waals surface area (Å²) in [4.78, 5) is 11.9. The fourth-order valence-corrected chi connectivity index (χ4v) is 4.11. The number of ether oxygens (including phenoxy) is 1. The van der Waals surface area contributed by atoms with Gasteiger partial charge in [-0.2, -0.15) is 0 Å². The first-order chi connectivity index (χ1) is 15.1. The fraction of sp³-hybridized carbons (Fsp3) is 0.0357. The molecule has 0 spiro atoms. The Bertz CT molecular complexity index is 1070. The Balaban J connectivity index is 1.95. The zero-order valence-electron chi connectivity index (χ0n) is 16.9. The van der Waals surface area contributed by atoms with Gasteiger partial charge in [-0.25, -0.2) is 4.79 Å². The SMILES string of the molecule is C=C(I)C(=O)Oc1ccc(C(c2ccccc2)(c2ccccc2)c2ccccc2)cc1.